The van der Waals surface area contributed by atoms with Crippen LogP contribution in [0.5, 0.6) is 0 Å². The van der Waals surface area contributed by atoms with Crippen LogP contribution in [0.15, 0.2) is 46.6 Å². The SMILES string of the molecule is O=C(CC(=O)NN=Cc1ccc(Cl)cc1Cl)NN=Cc1ccc(Cl)cc1Cl. The van der Waals surface area contributed by atoms with Gasteiger partial charge in [-0.05, 0) is 24.3 Å². The zero-order valence-corrected chi connectivity index (χ0v) is 16.6. The fourth-order valence-corrected chi connectivity index (χ4v) is 2.70. The molecule has 2 aromatic rings. The molecule has 0 spiro atoms. The van der Waals surface area contributed by atoms with Crippen molar-refractivity contribution in [1.29, 1.82) is 0 Å². The molecule has 2 amide bonds. The first-order valence-electron chi connectivity index (χ1n) is 7.39. The molecule has 27 heavy (non-hydrogen) atoms. The minimum absolute atomic E-state index is 0.383. The van der Waals surface area contributed by atoms with E-state index in [4.69, 9.17) is 46.4 Å². The van der Waals surface area contributed by atoms with E-state index < -0.39 is 18.2 Å². The Labute approximate surface area is 175 Å². The Morgan fingerprint density at radius 2 is 1.19 bits per heavy atom. The lowest BCUT2D eigenvalue weighted by Gasteiger charge is -2.01. The highest BCUT2D eigenvalue weighted by atomic mass is 35.5. The predicted molar refractivity (Wildman–Crippen MR) is 109 cm³/mol. The van der Waals surface area contributed by atoms with Gasteiger partial charge < -0.3 is 0 Å². The van der Waals surface area contributed by atoms with E-state index in [-0.39, 0.29) is 0 Å². The standard InChI is InChI=1S/C17H12Cl4N4O2/c18-12-3-1-10(14(20)5-12)8-22-24-16(26)7-17(27)25-23-9-11-2-4-13(19)6-15(11)21/h1-6,8-9H,7H2,(H,24,26)(H,25,27). The first-order chi connectivity index (χ1) is 12.8. The first kappa shape index (κ1) is 21.2. The molecule has 0 aliphatic carbocycles. The van der Waals surface area contributed by atoms with Gasteiger partial charge in [-0.15, -0.1) is 0 Å². The molecule has 2 aromatic carbocycles. The zero-order chi connectivity index (χ0) is 19.8. The second-order valence-corrected chi connectivity index (χ2v) is 6.78. The largest absolute Gasteiger partial charge is 0.273 e. The third kappa shape index (κ3) is 7.19. The number of hydrogen-bond acceptors (Lipinski definition) is 4. The van der Waals surface area contributed by atoms with Crippen LogP contribution in [0, 0.1) is 0 Å². The Morgan fingerprint density at radius 1 is 0.778 bits per heavy atom. The van der Waals surface area contributed by atoms with Crippen molar-refractivity contribution >= 4 is 70.6 Å². The average molecular weight is 446 g/mol. The van der Waals surface area contributed by atoms with E-state index >= 15 is 0 Å². The van der Waals surface area contributed by atoms with Crippen molar-refractivity contribution in [3.63, 3.8) is 0 Å². The number of benzene rings is 2. The molecular weight excluding hydrogens is 434 g/mol. The van der Waals surface area contributed by atoms with E-state index in [2.05, 4.69) is 21.1 Å². The number of carbonyl (C=O) groups excluding carboxylic acids is 2. The van der Waals surface area contributed by atoms with Gasteiger partial charge in [-0.1, -0.05) is 58.5 Å². The summed E-state index contributed by atoms with van der Waals surface area (Å²) >= 11 is 23.5. The van der Waals surface area contributed by atoms with Gasteiger partial charge in [-0.2, -0.15) is 10.2 Å². The molecule has 0 radical (unpaired) electrons. The average Bonchev–Trinajstić information content (AvgIpc) is 2.58. The molecule has 0 unspecified atom stereocenters. The summed E-state index contributed by atoms with van der Waals surface area (Å²) in [6.45, 7) is 0. The minimum atomic E-state index is -0.617. The quantitative estimate of drug-likeness (QED) is 0.395. The van der Waals surface area contributed by atoms with Crippen molar-refractivity contribution in [2.24, 2.45) is 10.2 Å². The lowest BCUT2D eigenvalue weighted by atomic mass is 10.2. The van der Waals surface area contributed by atoms with Gasteiger partial charge in [0.1, 0.15) is 6.42 Å². The molecule has 0 aromatic heterocycles. The highest BCUT2D eigenvalue weighted by molar-refractivity contribution is 6.36. The van der Waals surface area contributed by atoms with Crippen LogP contribution in [0.4, 0.5) is 0 Å². The normalized spacial score (nSPS) is 11.1. The molecule has 0 aliphatic heterocycles. The lowest BCUT2D eigenvalue weighted by molar-refractivity contribution is -0.129. The monoisotopic (exact) mass is 444 g/mol. The van der Waals surface area contributed by atoms with Gasteiger partial charge in [0.25, 0.3) is 0 Å². The van der Waals surface area contributed by atoms with Crippen molar-refractivity contribution in [3.8, 4) is 0 Å². The summed E-state index contributed by atoms with van der Waals surface area (Å²) in [5.74, 6) is -1.23. The van der Waals surface area contributed by atoms with Crippen LogP contribution in [0.3, 0.4) is 0 Å². The minimum Gasteiger partial charge on any atom is -0.273 e. The van der Waals surface area contributed by atoms with Gasteiger partial charge in [0.05, 0.1) is 22.5 Å². The third-order valence-corrected chi connectivity index (χ3v) is 4.16. The number of amides is 2. The molecule has 2 N–H and O–H groups in total. The van der Waals surface area contributed by atoms with Crippen LogP contribution in [0.25, 0.3) is 0 Å². The van der Waals surface area contributed by atoms with Gasteiger partial charge in [-0.3, -0.25) is 9.59 Å². The van der Waals surface area contributed by atoms with Crippen molar-refractivity contribution in [2.45, 2.75) is 6.42 Å². The Morgan fingerprint density at radius 3 is 1.56 bits per heavy atom. The van der Waals surface area contributed by atoms with Crippen LogP contribution in [-0.2, 0) is 9.59 Å². The predicted octanol–water partition coefficient (Wildman–Crippen LogP) is 4.29. The van der Waals surface area contributed by atoms with Gasteiger partial charge in [0.15, 0.2) is 0 Å². The van der Waals surface area contributed by atoms with Gasteiger partial charge in [0, 0.05) is 21.2 Å². The molecule has 0 heterocycles. The number of nitrogens with one attached hydrogen (secondary N) is 2. The summed E-state index contributed by atoms with van der Waals surface area (Å²) in [5.41, 5.74) is 5.57. The highest BCUT2D eigenvalue weighted by Crippen LogP contribution is 2.20. The number of rotatable bonds is 6. The third-order valence-electron chi connectivity index (χ3n) is 3.03. The van der Waals surface area contributed by atoms with Crippen LogP contribution < -0.4 is 10.9 Å². The second-order valence-electron chi connectivity index (χ2n) is 5.09. The number of halogens is 4. The summed E-state index contributed by atoms with van der Waals surface area (Å²) in [4.78, 5) is 23.4. The molecule has 0 saturated carbocycles. The number of carbonyl (C=O) groups is 2. The molecule has 6 nitrogen and oxygen atoms in total. The van der Waals surface area contributed by atoms with Crippen molar-refractivity contribution in [1.82, 2.24) is 10.9 Å². The maximum absolute atomic E-state index is 11.7. The van der Waals surface area contributed by atoms with Crippen LogP contribution in [0.1, 0.15) is 17.5 Å². The molecule has 0 fully saturated rings. The molecule has 0 atom stereocenters. The fourth-order valence-electron chi connectivity index (χ4n) is 1.78. The Kier molecular flexibility index (Phi) is 8.06. The molecular formula is C17H12Cl4N4O2. The Hall–Kier alpha value is -2.12. The van der Waals surface area contributed by atoms with Gasteiger partial charge in [-0.25, -0.2) is 10.9 Å². The maximum Gasteiger partial charge on any atom is 0.249 e. The zero-order valence-electron chi connectivity index (χ0n) is 13.5. The Bertz CT molecular complexity index is 842. The lowest BCUT2D eigenvalue weighted by Crippen LogP contribution is -2.27. The van der Waals surface area contributed by atoms with Gasteiger partial charge in [0.2, 0.25) is 11.8 Å². The first-order valence-corrected chi connectivity index (χ1v) is 8.90. The number of nitrogens with zero attached hydrogens (tertiary/aromatic N) is 2. The molecule has 0 aliphatic rings. The molecule has 140 valence electrons. The summed E-state index contributed by atoms with van der Waals surface area (Å²) in [7, 11) is 0. The van der Waals surface area contributed by atoms with Crippen LogP contribution >= 0.6 is 46.4 Å². The molecule has 0 bridgehead atoms. The summed E-state index contributed by atoms with van der Waals surface area (Å²) in [6, 6.07) is 9.65. The van der Waals surface area contributed by atoms with Crippen molar-refractivity contribution in [3.05, 3.63) is 67.6 Å². The van der Waals surface area contributed by atoms with E-state index in [1.807, 2.05) is 0 Å². The highest BCUT2D eigenvalue weighted by Gasteiger charge is 2.08. The molecule has 10 heteroatoms. The second kappa shape index (κ2) is 10.3. The van der Waals surface area contributed by atoms with E-state index in [0.29, 0.717) is 31.2 Å². The van der Waals surface area contributed by atoms with Crippen molar-refractivity contribution < 1.29 is 9.59 Å². The summed E-state index contributed by atoms with van der Waals surface area (Å²) < 4.78 is 0. The number of hydrazone groups is 2. The van der Waals surface area contributed by atoms with Gasteiger partial charge >= 0.3 is 0 Å². The maximum atomic E-state index is 11.7. The molecule has 0 saturated heterocycles. The van der Waals surface area contributed by atoms with E-state index in [1.165, 1.54) is 12.4 Å². The van der Waals surface area contributed by atoms with E-state index in [0.717, 1.165) is 0 Å². The summed E-state index contributed by atoms with van der Waals surface area (Å²) in [6.07, 6.45) is 2.22. The summed E-state index contributed by atoms with van der Waals surface area (Å²) in [5, 5.41) is 9.20. The fraction of sp³-hybridized carbons (Fsp3) is 0.0588. The smallest absolute Gasteiger partial charge is 0.249 e. The molecule has 2 rings (SSSR count). The topological polar surface area (TPSA) is 82.9 Å². The van der Waals surface area contributed by atoms with Crippen LogP contribution in [-0.4, -0.2) is 24.2 Å². The van der Waals surface area contributed by atoms with Crippen molar-refractivity contribution in [2.75, 3.05) is 0 Å². The van der Waals surface area contributed by atoms with E-state index in [9.17, 15) is 9.59 Å². The van der Waals surface area contributed by atoms with E-state index in [1.54, 1.807) is 36.4 Å². The number of hydrogen-bond donors (Lipinski definition) is 2. The Balaban J connectivity index is 1.80. The van der Waals surface area contributed by atoms with Crippen LogP contribution in [0.2, 0.25) is 20.1 Å².